The van der Waals surface area contributed by atoms with Crippen molar-refractivity contribution in [1.29, 1.82) is 0 Å². The van der Waals surface area contributed by atoms with Gasteiger partial charge in [0.2, 0.25) is 17.2 Å². The molecule has 0 aromatic carbocycles. The molecular weight excluding hydrogens is 288 g/mol. The molecule has 0 bridgehead atoms. The number of rotatable bonds is 5. The summed E-state index contributed by atoms with van der Waals surface area (Å²) in [5.41, 5.74) is 0.229. The highest BCUT2D eigenvalue weighted by Crippen LogP contribution is 2.36. The molecule has 6 nitrogen and oxygen atoms in total. The summed E-state index contributed by atoms with van der Waals surface area (Å²) in [6, 6.07) is 0. The molecule has 0 atom stereocenters. The second kappa shape index (κ2) is 5.93. The van der Waals surface area contributed by atoms with E-state index in [1.807, 2.05) is 0 Å². The van der Waals surface area contributed by atoms with E-state index < -0.39 is 0 Å². The summed E-state index contributed by atoms with van der Waals surface area (Å²) in [5.74, 6) is 1.28. The highest BCUT2D eigenvalue weighted by atomic mass is 35.5. The molecule has 1 N–H and O–H groups in total. The minimum absolute atomic E-state index is 0.229. The minimum Gasteiger partial charge on any atom is -0.352 e. The molecular formula is C14H23ClN6. The molecule has 1 aliphatic carbocycles. The SMILES string of the molecule is CN(C)C1(CNc2nc(Cl)nc(N3CCCC3)n2)CCC1. The van der Waals surface area contributed by atoms with Crippen LogP contribution in [0.5, 0.6) is 0 Å². The van der Waals surface area contributed by atoms with Crippen molar-refractivity contribution in [2.45, 2.75) is 37.6 Å². The first kappa shape index (κ1) is 14.8. The molecule has 0 unspecified atom stereocenters. The molecule has 2 heterocycles. The zero-order valence-corrected chi connectivity index (χ0v) is 13.5. The Morgan fingerprint density at radius 3 is 2.43 bits per heavy atom. The van der Waals surface area contributed by atoms with Crippen LogP contribution in [0, 0.1) is 0 Å². The van der Waals surface area contributed by atoms with E-state index in [4.69, 9.17) is 11.6 Å². The number of nitrogens with one attached hydrogen (secondary N) is 1. The third kappa shape index (κ3) is 3.06. The third-order valence-corrected chi connectivity index (χ3v) is 4.96. The number of halogens is 1. The summed E-state index contributed by atoms with van der Waals surface area (Å²) in [4.78, 5) is 17.5. The molecule has 1 saturated carbocycles. The molecule has 0 radical (unpaired) electrons. The Morgan fingerprint density at radius 1 is 1.14 bits per heavy atom. The highest BCUT2D eigenvalue weighted by molar-refractivity contribution is 6.28. The molecule has 0 spiro atoms. The number of aromatic nitrogens is 3. The lowest BCUT2D eigenvalue weighted by atomic mass is 9.75. The summed E-state index contributed by atoms with van der Waals surface area (Å²) >= 11 is 6.05. The lowest BCUT2D eigenvalue weighted by Crippen LogP contribution is -2.54. The predicted octanol–water partition coefficient (Wildman–Crippen LogP) is 2.02. The van der Waals surface area contributed by atoms with Crippen molar-refractivity contribution in [2.75, 3.05) is 43.9 Å². The molecule has 1 aromatic rings. The van der Waals surface area contributed by atoms with Crippen LogP contribution in [0.2, 0.25) is 5.28 Å². The molecule has 3 rings (SSSR count). The van der Waals surface area contributed by atoms with E-state index >= 15 is 0 Å². The van der Waals surface area contributed by atoms with Gasteiger partial charge in [-0.3, -0.25) is 0 Å². The van der Waals surface area contributed by atoms with Crippen LogP contribution in [0.4, 0.5) is 11.9 Å². The third-order valence-electron chi connectivity index (χ3n) is 4.79. The summed E-state index contributed by atoms with van der Waals surface area (Å²) in [6.07, 6.45) is 6.10. The molecule has 7 heteroatoms. The van der Waals surface area contributed by atoms with E-state index in [2.05, 4.69) is 44.2 Å². The van der Waals surface area contributed by atoms with E-state index in [0.717, 1.165) is 19.6 Å². The smallest absolute Gasteiger partial charge is 0.231 e. The Bertz CT molecular complexity index is 496. The normalized spacial score (nSPS) is 20.7. The second-order valence-corrected chi connectivity index (χ2v) is 6.59. The maximum Gasteiger partial charge on any atom is 0.231 e. The van der Waals surface area contributed by atoms with Gasteiger partial charge in [0.25, 0.3) is 0 Å². The molecule has 0 amide bonds. The Balaban J connectivity index is 1.70. The van der Waals surface area contributed by atoms with Crippen LogP contribution in [0.1, 0.15) is 32.1 Å². The largest absolute Gasteiger partial charge is 0.352 e. The van der Waals surface area contributed by atoms with Crippen LogP contribution in [0.15, 0.2) is 0 Å². The molecule has 1 aromatic heterocycles. The van der Waals surface area contributed by atoms with Crippen molar-refractivity contribution >= 4 is 23.5 Å². The van der Waals surface area contributed by atoms with Crippen molar-refractivity contribution in [3.05, 3.63) is 5.28 Å². The first-order valence-electron chi connectivity index (χ1n) is 7.67. The Kier molecular flexibility index (Phi) is 4.17. The van der Waals surface area contributed by atoms with Gasteiger partial charge in [0.05, 0.1) is 0 Å². The van der Waals surface area contributed by atoms with Crippen molar-refractivity contribution in [3.8, 4) is 0 Å². The lowest BCUT2D eigenvalue weighted by Gasteiger charge is -2.47. The van der Waals surface area contributed by atoms with Gasteiger partial charge in [-0.05, 0) is 57.8 Å². The van der Waals surface area contributed by atoms with Gasteiger partial charge in [-0.1, -0.05) is 0 Å². The topological polar surface area (TPSA) is 57.2 Å². The first-order valence-corrected chi connectivity index (χ1v) is 8.05. The van der Waals surface area contributed by atoms with E-state index in [0.29, 0.717) is 11.9 Å². The molecule has 1 aliphatic heterocycles. The average molecular weight is 311 g/mol. The first-order chi connectivity index (χ1) is 10.1. The van der Waals surface area contributed by atoms with E-state index in [-0.39, 0.29) is 10.8 Å². The van der Waals surface area contributed by atoms with E-state index in [1.54, 1.807) is 0 Å². The Morgan fingerprint density at radius 2 is 1.86 bits per heavy atom. The molecule has 1 saturated heterocycles. The molecule has 2 aliphatic rings. The van der Waals surface area contributed by atoms with Gasteiger partial charge >= 0.3 is 0 Å². The standard InChI is InChI=1S/C14H23ClN6/c1-20(2)14(6-5-7-14)10-16-12-17-11(15)18-13(19-12)21-8-3-4-9-21/h3-10H2,1-2H3,(H,16,17,18,19). The van der Waals surface area contributed by atoms with Gasteiger partial charge in [0, 0.05) is 25.2 Å². The summed E-state index contributed by atoms with van der Waals surface area (Å²) in [7, 11) is 4.27. The Labute approximate surface area is 130 Å². The van der Waals surface area contributed by atoms with Crippen LogP contribution < -0.4 is 10.2 Å². The monoisotopic (exact) mass is 310 g/mol. The quantitative estimate of drug-likeness (QED) is 0.898. The summed E-state index contributed by atoms with van der Waals surface area (Å²) in [6.45, 7) is 2.85. The van der Waals surface area contributed by atoms with Gasteiger partial charge in [-0.25, -0.2) is 0 Å². The fraction of sp³-hybridized carbons (Fsp3) is 0.786. The van der Waals surface area contributed by atoms with Gasteiger partial charge < -0.3 is 15.1 Å². The number of anilines is 2. The minimum atomic E-state index is 0.229. The van der Waals surface area contributed by atoms with E-state index in [1.165, 1.54) is 32.1 Å². The van der Waals surface area contributed by atoms with Gasteiger partial charge in [0.15, 0.2) is 0 Å². The number of likely N-dealkylation sites (N-methyl/N-ethyl adjacent to an activating group) is 1. The van der Waals surface area contributed by atoms with Gasteiger partial charge in [-0.2, -0.15) is 15.0 Å². The molecule has 116 valence electrons. The molecule has 21 heavy (non-hydrogen) atoms. The number of nitrogens with zero attached hydrogens (tertiary/aromatic N) is 5. The average Bonchev–Trinajstić information content (AvgIpc) is 2.90. The zero-order chi connectivity index (χ0) is 14.9. The van der Waals surface area contributed by atoms with Crippen LogP contribution >= 0.6 is 11.6 Å². The van der Waals surface area contributed by atoms with Gasteiger partial charge in [-0.15, -0.1) is 0 Å². The summed E-state index contributed by atoms with van der Waals surface area (Å²) in [5, 5.41) is 3.62. The Hall–Kier alpha value is -1.14. The second-order valence-electron chi connectivity index (χ2n) is 6.25. The van der Waals surface area contributed by atoms with Gasteiger partial charge in [0.1, 0.15) is 0 Å². The maximum absolute atomic E-state index is 6.05. The molecule has 2 fully saturated rings. The van der Waals surface area contributed by atoms with Crippen LogP contribution in [0.3, 0.4) is 0 Å². The fourth-order valence-corrected chi connectivity index (χ4v) is 3.24. The highest BCUT2D eigenvalue weighted by Gasteiger charge is 2.39. The van der Waals surface area contributed by atoms with Crippen molar-refractivity contribution in [3.63, 3.8) is 0 Å². The zero-order valence-electron chi connectivity index (χ0n) is 12.8. The number of hydrogen-bond donors (Lipinski definition) is 1. The van der Waals surface area contributed by atoms with Crippen LogP contribution in [-0.2, 0) is 0 Å². The lowest BCUT2D eigenvalue weighted by molar-refractivity contribution is 0.0737. The van der Waals surface area contributed by atoms with Crippen LogP contribution in [-0.4, -0.2) is 59.1 Å². The summed E-state index contributed by atoms with van der Waals surface area (Å²) < 4.78 is 0. The van der Waals surface area contributed by atoms with Crippen molar-refractivity contribution in [2.24, 2.45) is 0 Å². The van der Waals surface area contributed by atoms with Crippen molar-refractivity contribution in [1.82, 2.24) is 19.9 Å². The van der Waals surface area contributed by atoms with Crippen molar-refractivity contribution < 1.29 is 0 Å². The van der Waals surface area contributed by atoms with E-state index in [9.17, 15) is 0 Å². The predicted molar refractivity (Wildman–Crippen MR) is 85.0 cm³/mol. The fourth-order valence-electron chi connectivity index (χ4n) is 3.09. The number of hydrogen-bond acceptors (Lipinski definition) is 6. The maximum atomic E-state index is 6.05. The van der Waals surface area contributed by atoms with Crippen LogP contribution in [0.25, 0.3) is 0 Å².